The molecule has 0 bridgehead atoms. The van der Waals surface area contributed by atoms with Crippen LogP contribution in [0.2, 0.25) is 0 Å². The van der Waals surface area contributed by atoms with Crippen LogP contribution in [0.3, 0.4) is 0 Å². The molecule has 2 aromatic heterocycles. The van der Waals surface area contributed by atoms with Crippen LogP contribution in [0.25, 0.3) is 0 Å². The number of carbonyl (C=O) groups excluding carboxylic acids is 2. The van der Waals surface area contributed by atoms with Gasteiger partial charge in [0.1, 0.15) is 0 Å². The Hall–Kier alpha value is -3.58. The molecule has 0 aliphatic carbocycles. The Morgan fingerprint density at radius 2 is 1.42 bits per heavy atom. The van der Waals surface area contributed by atoms with Gasteiger partial charge in [0, 0.05) is 54.9 Å². The fourth-order valence-electron chi connectivity index (χ4n) is 5.06. The number of likely N-dealkylation sites (tertiary alicyclic amines) is 2. The number of pyridine rings is 2. The second-order valence-electron chi connectivity index (χ2n) is 8.05. The molecule has 2 amide bonds. The van der Waals surface area contributed by atoms with Gasteiger partial charge in [0.25, 0.3) is 11.8 Å². The number of nitrogens with zero attached hydrogens (tertiary/aromatic N) is 4. The van der Waals surface area contributed by atoms with E-state index in [1.54, 1.807) is 58.9 Å². The number of carbonyl (C=O) groups is 2. The standard InChI is InChI=1S/C24H22N4O3/c29-14-20-21(17-4-2-1-3-5-17)24(28(20)23(31)19-8-12-26-13-9-19)15-27(16-24)22(30)18-6-10-25-11-7-18/h1-13,20-21,29H,14-16H2/t20-,21-/m0/s1. The first-order valence-electron chi connectivity index (χ1n) is 10.2. The van der Waals surface area contributed by atoms with Crippen molar-refractivity contribution in [2.45, 2.75) is 17.5 Å². The molecule has 2 fully saturated rings. The fraction of sp³-hybridized carbons (Fsp3) is 0.250. The summed E-state index contributed by atoms with van der Waals surface area (Å²) in [4.78, 5) is 37.8. The van der Waals surface area contributed by atoms with Crippen LogP contribution in [-0.2, 0) is 0 Å². The lowest BCUT2D eigenvalue weighted by atomic mass is 9.60. The minimum absolute atomic E-state index is 0.0500. The quantitative estimate of drug-likeness (QED) is 0.705. The normalized spacial score (nSPS) is 21.3. The van der Waals surface area contributed by atoms with Crippen LogP contribution in [0.4, 0.5) is 0 Å². The maximum Gasteiger partial charge on any atom is 0.254 e. The molecule has 4 heterocycles. The monoisotopic (exact) mass is 414 g/mol. The minimum atomic E-state index is -0.544. The Bertz CT molecular complexity index is 1090. The summed E-state index contributed by atoms with van der Waals surface area (Å²) >= 11 is 0. The van der Waals surface area contributed by atoms with Crippen LogP contribution in [0, 0.1) is 0 Å². The summed E-state index contributed by atoms with van der Waals surface area (Å²) in [6.07, 6.45) is 6.37. The van der Waals surface area contributed by atoms with Gasteiger partial charge in [0.2, 0.25) is 0 Å². The number of aliphatic hydroxyl groups excluding tert-OH is 1. The molecular weight excluding hydrogens is 392 g/mol. The van der Waals surface area contributed by atoms with Crippen LogP contribution in [0.5, 0.6) is 0 Å². The van der Waals surface area contributed by atoms with E-state index in [0.29, 0.717) is 24.2 Å². The first kappa shape index (κ1) is 19.4. The van der Waals surface area contributed by atoms with E-state index in [4.69, 9.17) is 0 Å². The zero-order valence-corrected chi connectivity index (χ0v) is 16.8. The molecule has 0 radical (unpaired) electrons. The SMILES string of the molecule is O=C(c1ccncc1)N1CC2(C1)[C@@H](c1ccccc1)[C@H](CO)N2C(=O)c1ccncc1. The predicted octanol–water partition coefficient (Wildman–Crippen LogP) is 1.97. The largest absolute Gasteiger partial charge is 0.394 e. The highest BCUT2D eigenvalue weighted by Gasteiger charge is 2.68. The molecule has 1 N–H and O–H groups in total. The van der Waals surface area contributed by atoms with E-state index in [2.05, 4.69) is 9.97 Å². The zero-order valence-electron chi connectivity index (χ0n) is 16.8. The highest BCUT2D eigenvalue weighted by Crippen LogP contribution is 2.54. The number of aromatic nitrogens is 2. The first-order chi connectivity index (χ1) is 15.2. The number of hydrogen-bond donors (Lipinski definition) is 1. The summed E-state index contributed by atoms with van der Waals surface area (Å²) in [5, 5.41) is 10.2. The summed E-state index contributed by atoms with van der Waals surface area (Å²) in [6, 6.07) is 16.3. The predicted molar refractivity (Wildman–Crippen MR) is 113 cm³/mol. The van der Waals surface area contributed by atoms with Crippen molar-refractivity contribution in [1.29, 1.82) is 0 Å². The van der Waals surface area contributed by atoms with Gasteiger partial charge in [-0.15, -0.1) is 0 Å². The third-order valence-corrected chi connectivity index (χ3v) is 6.41. The van der Waals surface area contributed by atoms with Gasteiger partial charge in [-0.2, -0.15) is 0 Å². The van der Waals surface area contributed by atoms with Gasteiger partial charge in [0.05, 0.1) is 18.2 Å². The van der Waals surface area contributed by atoms with Gasteiger partial charge in [-0.05, 0) is 29.8 Å². The molecule has 5 rings (SSSR count). The third-order valence-electron chi connectivity index (χ3n) is 6.41. The first-order valence-corrected chi connectivity index (χ1v) is 10.2. The van der Waals surface area contributed by atoms with Crippen LogP contribution in [0.15, 0.2) is 79.4 Å². The second-order valence-corrected chi connectivity index (χ2v) is 8.05. The number of hydrogen-bond acceptors (Lipinski definition) is 5. The van der Waals surface area contributed by atoms with E-state index in [0.717, 1.165) is 5.56 Å². The van der Waals surface area contributed by atoms with Crippen molar-refractivity contribution < 1.29 is 14.7 Å². The van der Waals surface area contributed by atoms with Gasteiger partial charge >= 0.3 is 0 Å². The second kappa shape index (κ2) is 7.59. The Balaban J connectivity index is 1.48. The smallest absolute Gasteiger partial charge is 0.254 e. The summed E-state index contributed by atoms with van der Waals surface area (Å²) in [5.74, 6) is -0.279. The Morgan fingerprint density at radius 3 is 1.97 bits per heavy atom. The van der Waals surface area contributed by atoms with Crippen LogP contribution >= 0.6 is 0 Å². The average molecular weight is 414 g/mol. The number of benzene rings is 1. The van der Waals surface area contributed by atoms with Gasteiger partial charge in [-0.3, -0.25) is 19.6 Å². The summed E-state index contributed by atoms with van der Waals surface area (Å²) in [7, 11) is 0. The van der Waals surface area contributed by atoms with Gasteiger partial charge < -0.3 is 14.9 Å². The van der Waals surface area contributed by atoms with Crippen molar-refractivity contribution in [2.24, 2.45) is 0 Å². The average Bonchev–Trinajstić information content (AvgIpc) is 2.79. The maximum atomic E-state index is 13.4. The number of aliphatic hydroxyl groups is 1. The van der Waals surface area contributed by atoms with Crippen molar-refractivity contribution in [3.8, 4) is 0 Å². The Labute approximate surface area is 180 Å². The molecule has 156 valence electrons. The molecule has 0 unspecified atom stereocenters. The van der Waals surface area contributed by atoms with Crippen molar-refractivity contribution in [2.75, 3.05) is 19.7 Å². The highest BCUT2D eigenvalue weighted by atomic mass is 16.3. The van der Waals surface area contributed by atoms with Gasteiger partial charge in [-0.1, -0.05) is 30.3 Å². The van der Waals surface area contributed by atoms with Crippen molar-refractivity contribution >= 4 is 11.8 Å². The highest BCUT2D eigenvalue weighted by molar-refractivity contribution is 5.98. The van der Waals surface area contributed by atoms with Crippen molar-refractivity contribution in [3.05, 3.63) is 96.1 Å². The molecule has 2 aliphatic heterocycles. The fourth-order valence-corrected chi connectivity index (χ4v) is 5.06. The summed E-state index contributed by atoms with van der Waals surface area (Å²) < 4.78 is 0. The molecule has 2 atom stereocenters. The van der Waals surface area contributed by atoms with Gasteiger partial charge in [0.15, 0.2) is 0 Å². The molecule has 0 saturated carbocycles. The molecule has 1 aromatic carbocycles. The van der Waals surface area contributed by atoms with E-state index in [-0.39, 0.29) is 30.4 Å². The van der Waals surface area contributed by atoms with E-state index in [9.17, 15) is 14.7 Å². The van der Waals surface area contributed by atoms with E-state index in [1.807, 2.05) is 30.3 Å². The topological polar surface area (TPSA) is 86.6 Å². The van der Waals surface area contributed by atoms with E-state index in [1.165, 1.54) is 0 Å². The molecule has 1 spiro atoms. The summed E-state index contributed by atoms with van der Waals surface area (Å²) in [6.45, 7) is 0.693. The number of rotatable bonds is 4. The molecule has 7 heteroatoms. The van der Waals surface area contributed by atoms with Gasteiger partial charge in [-0.25, -0.2) is 0 Å². The summed E-state index contributed by atoms with van der Waals surface area (Å²) in [5.41, 5.74) is 1.62. The lowest BCUT2D eigenvalue weighted by molar-refractivity contribution is -0.152. The van der Waals surface area contributed by atoms with Crippen LogP contribution in [0.1, 0.15) is 32.2 Å². The van der Waals surface area contributed by atoms with Crippen molar-refractivity contribution in [1.82, 2.24) is 19.8 Å². The lowest BCUT2D eigenvalue weighted by Gasteiger charge is -2.70. The van der Waals surface area contributed by atoms with Crippen LogP contribution < -0.4 is 0 Å². The van der Waals surface area contributed by atoms with E-state index < -0.39 is 5.54 Å². The minimum Gasteiger partial charge on any atom is -0.394 e. The lowest BCUT2D eigenvalue weighted by Crippen LogP contribution is -2.86. The Morgan fingerprint density at radius 1 is 0.871 bits per heavy atom. The van der Waals surface area contributed by atoms with Crippen LogP contribution in [-0.4, -0.2) is 68.0 Å². The third kappa shape index (κ3) is 3.00. The Kier molecular flexibility index (Phi) is 4.75. The van der Waals surface area contributed by atoms with Crippen molar-refractivity contribution in [3.63, 3.8) is 0 Å². The maximum absolute atomic E-state index is 13.4. The zero-order chi connectivity index (χ0) is 21.4. The van der Waals surface area contributed by atoms with E-state index >= 15 is 0 Å². The molecule has 3 aromatic rings. The molecule has 2 aliphatic rings. The molecule has 31 heavy (non-hydrogen) atoms. The molecular formula is C24H22N4O3. The molecule has 2 saturated heterocycles. The molecule has 7 nitrogen and oxygen atoms in total. The number of amides is 2.